The predicted octanol–water partition coefficient (Wildman–Crippen LogP) is 1.45. The first-order valence-corrected chi connectivity index (χ1v) is 8.33. The van der Waals surface area contributed by atoms with Crippen molar-refractivity contribution in [2.24, 2.45) is 0 Å². The van der Waals surface area contributed by atoms with E-state index in [1.807, 2.05) is 13.0 Å². The van der Waals surface area contributed by atoms with Crippen LogP contribution < -0.4 is 0 Å². The van der Waals surface area contributed by atoms with Crippen molar-refractivity contribution in [1.82, 2.24) is 4.31 Å². The number of carbonyl (C=O) groups is 1. The summed E-state index contributed by atoms with van der Waals surface area (Å²) in [6.07, 6.45) is 0. The fourth-order valence-corrected chi connectivity index (χ4v) is 5.42. The molecule has 0 aromatic heterocycles. The molecule has 0 spiro atoms. The summed E-state index contributed by atoms with van der Waals surface area (Å²) in [4.78, 5) is 11.3. The lowest BCUT2D eigenvalue weighted by Gasteiger charge is -2.21. The molecule has 104 valence electrons. The number of nitrogens with zero attached hydrogens (tertiary/aromatic N) is 1. The second-order valence-corrected chi connectivity index (χ2v) is 7.37. The summed E-state index contributed by atoms with van der Waals surface area (Å²) in [5.41, 5.74) is 1.47. The highest BCUT2D eigenvalue weighted by atomic mass is 32.2. The van der Waals surface area contributed by atoms with Gasteiger partial charge in [-0.15, -0.1) is 11.8 Å². The second-order valence-electron chi connectivity index (χ2n) is 4.52. The molecule has 1 aliphatic heterocycles. The summed E-state index contributed by atoms with van der Waals surface area (Å²) in [6.45, 7) is 3.52. The molecule has 5 nitrogen and oxygen atoms in total. The standard InChI is InChI=1S/C12H15NO4S2/c1-8-3-4-9(2)11(5-8)19(16,17)13-7-18-6-10(13)12(14)15/h3-5,10H,6-7H2,1-2H3,(H,14,15)/t10-/m1/s1. The van der Waals surface area contributed by atoms with Gasteiger partial charge in [-0.05, 0) is 31.0 Å². The van der Waals surface area contributed by atoms with Gasteiger partial charge < -0.3 is 5.11 Å². The lowest BCUT2D eigenvalue weighted by Crippen LogP contribution is -2.41. The molecule has 0 aliphatic carbocycles. The molecule has 2 rings (SSSR count). The molecule has 1 heterocycles. The van der Waals surface area contributed by atoms with Gasteiger partial charge in [-0.25, -0.2) is 8.42 Å². The van der Waals surface area contributed by atoms with Crippen LogP contribution in [0.1, 0.15) is 11.1 Å². The summed E-state index contributed by atoms with van der Waals surface area (Å²) >= 11 is 1.32. The van der Waals surface area contributed by atoms with Gasteiger partial charge in [-0.1, -0.05) is 12.1 Å². The Morgan fingerprint density at radius 1 is 1.42 bits per heavy atom. The van der Waals surface area contributed by atoms with E-state index in [0.29, 0.717) is 11.3 Å². The monoisotopic (exact) mass is 301 g/mol. The number of hydrogen-bond acceptors (Lipinski definition) is 4. The molecule has 0 radical (unpaired) electrons. The zero-order chi connectivity index (χ0) is 14.2. The van der Waals surface area contributed by atoms with E-state index in [1.54, 1.807) is 19.1 Å². The number of carboxylic acid groups (broad SMARTS) is 1. The smallest absolute Gasteiger partial charge is 0.322 e. The Kier molecular flexibility index (Phi) is 3.89. The first-order chi connectivity index (χ1) is 8.84. The van der Waals surface area contributed by atoms with Gasteiger partial charge in [0.05, 0.1) is 10.8 Å². The Bertz CT molecular complexity index is 612. The van der Waals surface area contributed by atoms with Gasteiger partial charge >= 0.3 is 5.97 Å². The highest BCUT2D eigenvalue weighted by molar-refractivity contribution is 8.00. The Hall–Kier alpha value is -1.05. The highest BCUT2D eigenvalue weighted by Gasteiger charge is 2.40. The minimum atomic E-state index is -3.75. The maximum absolute atomic E-state index is 12.6. The summed E-state index contributed by atoms with van der Waals surface area (Å²) in [6, 6.07) is 4.19. The van der Waals surface area contributed by atoms with Crippen LogP contribution in [0.2, 0.25) is 0 Å². The average Bonchev–Trinajstić information content (AvgIpc) is 2.82. The molecule has 1 aromatic rings. The van der Waals surface area contributed by atoms with Crippen molar-refractivity contribution in [3.63, 3.8) is 0 Å². The number of thioether (sulfide) groups is 1. The maximum Gasteiger partial charge on any atom is 0.322 e. The van der Waals surface area contributed by atoms with E-state index in [9.17, 15) is 13.2 Å². The second kappa shape index (κ2) is 5.15. The Morgan fingerprint density at radius 3 is 2.74 bits per heavy atom. The lowest BCUT2D eigenvalue weighted by atomic mass is 10.2. The van der Waals surface area contributed by atoms with Gasteiger partial charge in [0.25, 0.3) is 0 Å². The van der Waals surface area contributed by atoms with Crippen LogP contribution in [0.15, 0.2) is 23.1 Å². The van der Waals surface area contributed by atoms with Crippen molar-refractivity contribution in [3.05, 3.63) is 29.3 Å². The van der Waals surface area contributed by atoms with Crippen LogP contribution >= 0.6 is 11.8 Å². The van der Waals surface area contributed by atoms with Gasteiger partial charge in [0.1, 0.15) is 6.04 Å². The van der Waals surface area contributed by atoms with Crippen LogP contribution in [0.5, 0.6) is 0 Å². The van der Waals surface area contributed by atoms with Crippen LogP contribution in [0.4, 0.5) is 0 Å². The summed E-state index contributed by atoms with van der Waals surface area (Å²) in [5.74, 6) is -0.620. The topological polar surface area (TPSA) is 74.7 Å². The van der Waals surface area contributed by atoms with Crippen LogP contribution in [0, 0.1) is 13.8 Å². The number of hydrogen-bond donors (Lipinski definition) is 1. The Morgan fingerprint density at radius 2 is 2.11 bits per heavy atom. The molecule has 7 heteroatoms. The van der Waals surface area contributed by atoms with Crippen LogP contribution in [-0.2, 0) is 14.8 Å². The fraction of sp³-hybridized carbons (Fsp3) is 0.417. The van der Waals surface area contributed by atoms with Crippen LogP contribution in [-0.4, -0.2) is 41.5 Å². The quantitative estimate of drug-likeness (QED) is 0.914. The number of benzene rings is 1. The van der Waals surface area contributed by atoms with E-state index < -0.39 is 22.0 Å². The SMILES string of the molecule is Cc1ccc(C)c(S(=O)(=O)N2CSC[C@@H]2C(=O)O)c1. The van der Waals surface area contributed by atoms with E-state index in [2.05, 4.69) is 0 Å². The van der Waals surface area contributed by atoms with Crippen molar-refractivity contribution >= 4 is 27.8 Å². The van der Waals surface area contributed by atoms with E-state index in [1.165, 1.54) is 11.8 Å². The third-order valence-electron chi connectivity index (χ3n) is 3.06. The molecule has 1 aliphatic rings. The molecule has 1 fully saturated rings. The van der Waals surface area contributed by atoms with Crippen molar-refractivity contribution < 1.29 is 18.3 Å². The number of sulfonamides is 1. The normalized spacial score (nSPS) is 20.6. The van der Waals surface area contributed by atoms with Crippen LogP contribution in [0.3, 0.4) is 0 Å². The molecule has 0 saturated carbocycles. The van der Waals surface area contributed by atoms with E-state index >= 15 is 0 Å². The van der Waals surface area contributed by atoms with Crippen LogP contribution in [0.25, 0.3) is 0 Å². The zero-order valence-electron chi connectivity index (χ0n) is 10.7. The molecular formula is C12H15NO4S2. The average molecular weight is 301 g/mol. The molecular weight excluding hydrogens is 286 g/mol. The summed E-state index contributed by atoms with van der Waals surface area (Å²) in [5, 5.41) is 9.10. The summed E-state index contributed by atoms with van der Waals surface area (Å²) < 4.78 is 26.2. The van der Waals surface area contributed by atoms with Gasteiger partial charge in [-0.3, -0.25) is 4.79 Å². The number of aryl methyl sites for hydroxylation is 2. The molecule has 1 saturated heterocycles. The minimum Gasteiger partial charge on any atom is -0.480 e. The highest BCUT2D eigenvalue weighted by Crippen LogP contribution is 2.30. The molecule has 0 unspecified atom stereocenters. The molecule has 1 aromatic carbocycles. The zero-order valence-corrected chi connectivity index (χ0v) is 12.3. The van der Waals surface area contributed by atoms with Gasteiger partial charge in [0.15, 0.2) is 0 Å². The van der Waals surface area contributed by atoms with Crippen molar-refractivity contribution in [2.75, 3.05) is 11.6 Å². The first kappa shape index (κ1) is 14.4. The van der Waals surface area contributed by atoms with E-state index in [0.717, 1.165) is 9.87 Å². The molecule has 0 bridgehead atoms. The first-order valence-electron chi connectivity index (χ1n) is 5.73. The molecule has 0 amide bonds. The maximum atomic E-state index is 12.6. The molecule has 1 atom stereocenters. The number of rotatable bonds is 3. The minimum absolute atomic E-state index is 0.187. The fourth-order valence-electron chi connectivity index (χ4n) is 1.97. The van der Waals surface area contributed by atoms with E-state index in [4.69, 9.17) is 5.11 Å². The van der Waals surface area contributed by atoms with Crippen molar-refractivity contribution in [3.8, 4) is 0 Å². The number of aliphatic carboxylic acids is 1. The lowest BCUT2D eigenvalue weighted by molar-refractivity contribution is -0.140. The van der Waals surface area contributed by atoms with E-state index in [-0.39, 0.29) is 10.8 Å². The Balaban J connectivity index is 2.48. The van der Waals surface area contributed by atoms with Gasteiger partial charge in [-0.2, -0.15) is 4.31 Å². The largest absolute Gasteiger partial charge is 0.480 e. The Labute approximate surface area is 116 Å². The third-order valence-corrected chi connectivity index (χ3v) is 6.23. The molecule has 19 heavy (non-hydrogen) atoms. The van der Waals surface area contributed by atoms with Gasteiger partial charge in [0.2, 0.25) is 10.0 Å². The summed E-state index contributed by atoms with van der Waals surface area (Å²) in [7, 11) is -3.75. The third kappa shape index (κ3) is 2.63. The predicted molar refractivity (Wildman–Crippen MR) is 73.7 cm³/mol. The number of carboxylic acids is 1. The van der Waals surface area contributed by atoms with Gasteiger partial charge in [0, 0.05) is 5.75 Å². The molecule has 1 N–H and O–H groups in total. The van der Waals surface area contributed by atoms with Crippen molar-refractivity contribution in [1.29, 1.82) is 0 Å². The van der Waals surface area contributed by atoms with Crippen molar-refractivity contribution in [2.45, 2.75) is 24.8 Å².